The molecule has 0 aliphatic rings. The number of aryl methyl sites for hydroxylation is 2. The van der Waals surface area contributed by atoms with Crippen molar-refractivity contribution < 1.29 is 18.7 Å². The van der Waals surface area contributed by atoms with Gasteiger partial charge in [0.1, 0.15) is 12.1 Å². The van der Waals surface area contributed by atoms with Crippen LogP contribution in [0.25, 0.3) is 11.1 Å². The SMILES string of the molecule is COc1ccnc2c(=O)n([C@@H](C)C(=O)OC(C)C(c3ccc(C)cc3C)C(C)C)c(=O)oc12. The van der Waals surface area contributed by atoms with Gasteiger partial charge in [0.2, 0.25) is 5.58 Å². The fourth-order valence-corrected chi connectivity index (χ4v) is 4.32. The molecule has 0 bridgehead atoms. The van der Waals surface area contributed by atoms with E-state index in [4.69, 9.17) is 13.9 Å². The Morgan fingerprint density at radius 2 is 1.79 bits per heavy atom. The van der Waals surface area contributed by atoms with E-state index in [1.165, 1.54) is 26.3 Å². The van der Waals surface area contributed by atoms with E-state index in [-0.39, 0.29) is 28.7 Å². The summed E-state index contributed by atoms with van der Waals surface area (Å²) in [6.45, 7) is 11.5. The summed E-state index contributed by atoms with van der Waals surface area (Å²) in [6.07, 6.45) is 0.887. The highest BCUT2D eigenvalue weighted by molar-refractivity contribution is 5.78. The van der Waals surface area contributed by atoms with Crippen LogP contribution in [0, 0.1) is 19.8 Å². The first kappa shape index (κ1) is 24.2. The second-order valence-electron chi connectivity index (χ2n) is 8.68. The van der Waals surface area contributed by atoms with Crippen LogP contribution in [0.4, 0.5) is 0 Å². The second kappa shape index (κ2) is 9.60. The van der Waals surface area contributed by atoms with Gasteiger partial charge >= 0.3 is 11.7 Å². The van der Waals surface area contributed by atoms with Crippen molar-refractivity contribution in [1.82, 2.24) is 9.55 Å². The van der Waals surface area contributed by atoms with Crippen molar-refractivity contribution in [3.8, 4) is 5.75 Å². The number of pyridine rings is 1. The van der Waals surface area contributed by atoms with Crippen LogP contribution in [0.2, 0.25) is 0 Å². The molecule has 2 unspecified atom stereocenters. The fraction of sp³-hybridized carbons (Fsp3) is 0.440. The van der Waals surface area contributed by atoms with Gasteiger partial charge in [0, 0.05) is 18.2 Å². The number of fused-ring (bicyclic) bond motifs is 1. The van der Waals surface area contributed by atoms with Crippen molar-refractivity contribution in [3.05, 3.63) is 68.1 Å². The van der Waals surface area contributed by atoms with E-state index in [1.807, 2.05) is 26.8 Å². The van der Waals surface area contributed by atoms with Gasteiger partial charge in [0.05, 0.1) is 7.11 Å². The highest BCUT2D eigenvalue weighted by atomic mass is 16.5. The van der Waals surface area contributed by atoms with Crippen molar-refractivity contribution in [2.24, 2.45) is 5.92 Å². The summed E-state index contributed by atoms with van der Waals surface area (Å²) in [4.78, 5) is 42.6. The van der Waals surface area contributed by atoms with Crippen LogP contribution in [-0.2, 0) is 9.53 Å². The lowest BCUT2D eigenvalue weighted by molar-refractivity contribution is -0.153. The zero-order valence-electron chi connectivity index (χ0n) is 20.0. The van der Waals surface area contributed by atoms with Crippen LogP contribution in [0.15, 0.2) is 44.5 Å². The number of carbonyl (C=O) groups excluding carboxylic acids is 1. The van der Waals surface area contributed by atoms with Crippen molar-refractivity contribution in [2.75, 3.05) is 7.11 Å². The monoisotopic (exact) mass is 454 g/mol. The lowest BCUT2D eigenvalue weighted by Crippen LogP contribution is -2.40. The minimum atomic E-state index is -1.19. The van der Waals surface area contributed by atoms with Gasteiger partial charge < -0.3 is 13.9 Å². The van der Waals surface area contributed by atoms with E-state index >= 15 is 0 Å². The maximum Gasteiger partial charge on any atom is 0.423 e. The van der Waals surface area contributed by atoms with Crippen molar-refractivity contribution in [2.45, 2.75) is 59.6 Å². The zero-order valence-corrected chi connectivity index (χ0v) is 20.0. The number of methoxy groups -OCH3 is 1. The molecular formula is C25H30N2O6. The molecule has 0 fully saturated rings. The normalized spacial score (nSPS) is 14.2. The minimum absolute atomic E-state index is 0.0580. The second-order valence-corrected chi connectivity index (χ2v) is 8.68. The predicted octanol–water partition coefficient (Wildman–Crippen LogP) is 3.91. The van der Waals surface area contributed by atoms with Crippen molar-refractivity contribution in [1.29, 1.82) is 0 Å². The van der Waals surface area contributed by atoms with E-state index < -0.39 is 29.4 Å². The Bertz CT molecular complexity index is 1290. The summed E-state index contributed by atoms with van der Waals surface area (Å²) in [5.74, 6) is -1.34. The maximum absolute atomic E-state index is 13.0. The lowest BCUT2D eigenvalue weighted by Gasteiger charge is -2.30. The smallest absolute Gasteiger partial charge is 0.423 e. The van der Waals surface area contributed by atoms with Crippen molar-refractivity contribution >= 4 is 17.1 Å². The number of hydrogen-bond donors (Lipinski definition) is 0. The molecule has 3 rings (SSSR count). The average molecular weight is 455 g/mol. The van der Waals surface area contributed by atoms with Gasteiger partial charge in [-0.1, -0.05) is 37.6 Å². The first-order valence-corrected chi connectivity index (χ1v) is 10.9. The van der Waals surface area contributed by atoms with E-state index in [0.717, 1.165) is 21.3 Å². The number of benzene rings is 1. The molecule has 0 saturated heterocycles. The third-order valence-corrected chi connectivity index (χ3v) is 5.93. The molecule has 176 valence electrons. The number of ether oxygens (including phenoxy) is 2. The lowest BCUT2D eigenvalue weighted by atomic mass is 9.82. The Balaban J connectivity index is 1.93. The van der Waals surface area contributed by atoms with E-state index in [0.29, 0.717) is 0 Å². The molecule has 0 spiro atoms. The molecule has 3 aromatic rings. The first-order valence-electron chi connectivity index (χ1n) is 10.9. The Kier molecular flexibility index (Phi) is 7.05. The van der Waals surface area contributed by atoms with Gasteiger partial charge in [-0.05, 0) is 44.7 Å². The highest BCUT2D eigenvalue weighted by Crippen LogP contribution is 2.33. The molecule has 8 nitrogen and oxygen atoms in total. The number of hydrogen-bond acceptors (Lipinski definition) is 7. The van der Waals surface area contributed by atoms with E-state index in [9.17, 15) is 14.4 Å². The molecule has 0 aliphatic heterocycles. The Morgan fingerprint density at radius 3 is 2.39 bits per heavy atom. The molecule has 0 aliphatic carbocycles. The van der Waals surface area contributed by atoms with Crippen LogP contribution in [0.3, 0.4) is 0 Å². The first-order chi connectivity index (χ1) is 15.6. The summed E-state index contributed by atoms with van der Waals surface area (Å²) in [5, 5.41) is 0. The molecule has 8 heteroatoms. The minimum Gasteiger partial charge on any atom is -0.493 e. The highest BCUT2D eigenvalue weighted by Gasteiger charge is 2.31. The molecule has 33 heavy (non-hydrogen) atoms. The van der Waals surface area contributed by atoms with Crippen molar-refractivity contribution in [3.63, 3.8) is 0 Å². The molecule has 0 radical (unpaired) electrons. The number of rotatable bonds is 7. The van der Waals surface area contributed by atoms with E-state index in [1.54, 1.807) is 0 Å². The summed E-state index contributed by atoms with van der Waals surface area (Å²) >= 11 is 0. The fourth-order valence-electron chi connectivity index (χ4n) is 4.32. The Labute approximate surface area is 192 Å². The summed E-state index contributed by atoms with van der Waals surface area (Å²) in [6, 6.07) is 6.48. The molecule has 0 amide bonds. The van der Waals surface area contributed by atoms with Crippen LogP contribution in [0.1, 0.15) is 56.3 Å². The van der Waals surface area contributed by atoms with Crippen LogP contribution < -0.4 is 16.1 Å². The van der Waals surface area contributed by atoms with Crippen LogP contribution in [0.5, 0.6) is 5.75 Å². The van der Waals surface area contributed by atoms with Gasteiger partial charge in [0.25, 0.3) is 5.56 Å². The quantitative estimate of drug-likeness (QED) is 0.499. The number of nitrogens with zero attached hydrogens (tertiary/aromatic N) is 2. The average Bonchev–Trinajstić information content (AvgIpc) is 2.74. The third-order valence-electron chi connectivity index (χ3n) is 5.93. The molecule has 0 N–H and O–H groups in total. The summed E-state index contributed by atoms with van der Waals surface area (Å²) in [7, 11) is 1.39. The Morgan fingerprint density at radius 1 is 1.09 bits per heavy atom. The number of esters is 1. The summed E-state index contributed by atoms with van der Waals surface area (Å²) in [5.41, 5.74) is 2.47. The largest absolute Gasteiger partial charge is 0.493 e. The van der Waals surface area contributed by atoms with Crippen LogP contribution >= 0.6 is 0 Å². The molecule has 1 aromatic carbocycles. The van der Waals surface area contributed by atoms with Gasteiger partial charge in [-0.2, -0.15) is 0 Å². The molecular weight excluding hydrogens is 424 g/mol. The molecule has 0 saturated carbocycles. The molecule has 3 atom stereocenters. The number of carbonyl (C=O) groups is 1. The van der Waals surface area contributed by atoms with E-state index in [2.05, 4.69) is 31.0 Å². The number of aromatic nitrogens is 2. The third kappa shape index (κ3) is 4.69. The molecule has 2 aromatic heterocycles. The summed E-state index contributed by atoms with van der Waals surface area (Å²) < 4.78 is 16.9. The van der Waals surface area contributed by atoms with Gasteiger partial charge in [-0.25, -0.2) is 19.1 Å². The zero-order chi connectivity index (χ0) is 24.4. The van der Waals surface area contributed by atoms with Gasteiger partial charge in [-0.3, -0.25) is 4.79 Å². The Hall–Kier alpha value is -3.42. The topological polar surface area (TPSA) is 101 Å². The standard InChI is InChI=1S/C25H30N2O6/c1-13(2)20(18-9-8-14(3)12-15(18)4)17(6)32-24(29)16(5)27-23(28)21-22(33-25(27)30)19(31-7)10-11-26-21/h8-13,16-17,20H,1-7H3/t16-,17?,20?/m0/s1. The maximum atomic E-state index is 13.0. The predicted molar refractivity (Wildman–Crippen MR) is 125 cm³/mol. The van der Waals surface area contributed by atoms with Gasteiger partial charge in [0.15, 0.2) is 11.3 Å². The molecule has 2 heterocycles. The van der Waals surface area contributed by atoms with Gasteiger partial charge in [-0.15, -0.1) is 0 Å². The van der Waals surface area contributed by atoms with Crippen LogP contribution in [-0.4, -0.2) is 28.7 Å².